The molecular formula is C10H16N2O3S. The van der Waals surface area contributed by atoms with Gasteiger partial charge in [-0.15, -0.1) is 0 Å². The van der Waals surface area contributed by atoms with Gasteiger partial charge in [0.1, 0.15) is 5.75 Å². The van der Waals surface area contributed by atoms with Crippen LogP contribution in [-0.2, 0) is 16.8 Å². The first-order valence-electron chi connectivity index (χ1n) is 4.94. The van der Waals surface area contributed by atoms with E-state index in [1.807, 2.05) is 0 Å². The quantitative estimate of drug-likeness (QED) is 0.714. The summed E-state index contributed by atoms with van der Waals surface area (Å²) in [5.74, 6) is 0.0785. The van der Waals surface area contributed by atoms with Crippen molar-refractivity contribution in [3.8, 4) is 5.75 Å². The fraction of sp³-hybridized carbons (Fsp3) is 0.400. The van der Waals surface area contributed by atoms with Crippen LogP contribution in [0.2, 0.25) is 0 Å². The van der Waals surface area contributed by atoms with Gasteiger partial charge in [-0.2, -0.15) is 17.9 Å². The Balaban J connectivity index is 2.62. The summed E-state index contributed by atoms with van der Waals surface area (Å²) in [5, 5.41) is 9.43. The van der Waals surface area contributed by atoms with E-state index in [2.05, 4.69) is 9.44 Å². The lowest BCUT2D eigenvalue weighted by atomic mass is 10.2. The lowest BCUT2D eigenvalue weighted by Crippen LogP contribution is -2.39. The van der Waals surface area contributed by atoms with E-state index in [9.17, 15) is 13.5 Å². The lowest BCUT2D eigenvalue weighted by Gasteiger charge is -2.11. The second kappa shape index (κ2) is 5.29. The second-order valence-electron chi connectivity index (χ2n) is 3.73. The van der Waals surface area contributed by atoms with Crippen molar-refractivity contribution in [3.63, 3.8) is 0 Å². The third-order valence-electron chi connectivity index (χ3n) is 1.84. The molecule has 0 fully saturated rings. The Morgan fingerprint density at radius 2 is 1.94 bits per heavy atom. The van der Waals surface area contributed by atoms with Gasteiger partial charge in [-0.1, -0.05) is 18.2 Å². The third kappa shape index (κ3) is 4.18. The molecule has 0 aromatic heterocycles. The van der Waals surface area contributed by atoms with Crippen molar-refractivity contribution in [1.29, 1.82) is 0 Å². The van der Waals surface area contributed by atoms with Crippen molar-refractivity contribution in [2.45, 2.75) is 26.4 Å². The van der Waals surface area contributed by atoms with Crippen LogP contribution < -0.4 is 9.44 Å². The summed E-state index contributed by atoms with van der Waals surface area (Å²) >= 11 is 0. The number of aromatic hydroxyl groups is 1. The SMILES string of the molecule is CC(C)NS(=O)(=O)NCc1ccccc1O. The van der Waals surface area contributed by atoms with Crippen LogP contribution >= 0.6 is 0 Å². The highest BCUT2D eigenvalue weighted by molar-refractivity contribution is 7.87. The van der Waals surface area contributed by atoms with E-state index in [-0.39, 0.29) is 18.3 Å². The number of hydrogen-bond acceptors (Lipinski definition) is 3. The molecule has 0 saturated heterocycles. The van der Waals surface area contributed by atoms with Crippen molar-refractivity contribution in [2.75, 3.05) is 0 Å². The molecular weight excluding hydrogens is 228 g/mol. The first kappa shape index (κ1) is 13.0. The number of nitrogens with one attached hydrogen (secondary N) is 2. The molecule has 1 aromatic rings. The van der Waals surface area contributed by atoms with E-state index in [0.29, 0.717) is 5.56 Å². The maximum absolute atomic E-state index is 11.4. The van der Waals surface area contributed by atoms with E-state index in [1.54, 1.807) is 32.0 Å². The number of hydrogen-bond donors (Lipinski definition) is 3. The number of rotatable bonds is 5. The van der Waals surface area contributed by atoms with Gasteiger partial charge in [-0.05, 0) is 19.9 Å². The number of para-hydroxylation sites is 1. The fourth-order valence-corrected chi connectivity index (χ4v) is 2.23. The Labute approximate surface area is 95.7 Å². The molecule has 0 radical (unpaired) electrons. The number of phenolic OH excluding ortho intramolecular Hbond substituents is 1. The molecule has 0 heterocycles. The highest BCUT2D eigenvalue weighted by atomic mass is 32.2. The van der Waals surface area contributed by atoms with Crippen LogP contribution in [-0.4, -0.2) is 19.6 Å². The minimum Gasteiger partial charge on any atom is -0.508 e. The van der Waals surface area contributed by atoms with Crippen molar-refractivity contribution >= 4 is 10.2 Å². The van der Waals surface area contributed by atoms with Crippen LogP contribution in [0.1, 0.15) is 19.4 Å². The van der Waals surface area contributed by atoms with Crippen LogP contribution in [0.3, 0.4) is 0 Å². The van der Waals surface area contributed by atoms with Crippen LogP contribution in [0, 0.1) is 0 Å². The summed E-state index contributed by atoms with van der Waals surface area (Å²) in [6.45, 7) is 3.53. The molecule has 90 valence electrons. The molecule has 1 rings (SSSR count). The molecule has 0 amide bonds. The molecule has 6 heteroatoms. The maximum atomic E-state index is 11.4. The van der Waals surface area contributed by atoms with Crippen LogP contribution in [0.25, 0.3) is 0 Å². The first-order valence-corrected chi connectivity index (χ1v) is 6.43. The Morgan fingerprint density at radius 3 is 2.50 bits per heavy atom. The van der Waals surface area contributed by atoms with Gasteiger partial charge in [0.05, 0.1) is 0 Å². The summed E-state index contributed by atoms with van der Waals surface area (Å²) in [5.41, 5.74) is 0.539. The van der Waals surface area contributed by atoms with E-state index in [0.717, 1.165) is 0 Å². The van der Waals surface area contributed by atoms with Crippen LogP contribution in [0.5, 0.6) is 5.75 Å². The normalized spacial score (nSPS) is 11.9. The Bertz CT molecular complexity index is 443. The molecule has 0 spiro atoms. The standard InChI is InChI=1S/C10H16N2O3S/c1-8(2)12-16(14,15)11-7-9-5-3-4-6-10(9)13/h3-6,8,11-13H,7H2,1-2H3. The van der Waals surface area contributed by atoms with Crippen molar-refractivity contribution in [2.24, 2.45) is 0 Å². The Hall–Kier alpha value is -1.11. The molecule has 0 unspecified atom stereocenters. The summed E-state index contributed by atoms with van der Waals surface area (Å²) < 4.78 is 27.6. The fourth-order valence-electron chi connectivity index (χ4n) is 1.19. The van der Waals surface area contributed by atoms with Gasteiger partial charge in [0, 0.05) is 18.2 Å². The number of benzene rings is 1. The average molecular weight is 244 g/mol. The highest BCUT2D eigenvalue weighted by Gasteiger charge is 2.11. The average Bonchev–Trinajstić information content (AvgIpc) is 2.14. The molecule has 3 N–H and O–H groups in total. The van der Waals surface area contributed by atoms with Gasteiger partial charge in [0.25, 0.3) is 10.2 Å². The van der Waals surface area contributed by atoms with Gasteiger partial charge >= 0.3 is 0 Å². The zero-order valence-corrected chi connectivity index (χ0v) is 10.1. The zero-order chi connectivity index (χ0) is 12.2. The topological polar surface area (TPSA) is 78.4 Å². The van der Waals surface area contributed by atoms with Crippen molar-refractivity contribution in [3.05, 3.63) is 29.8 Å². The van der Waals surface area contributed by atoms with Crippen molar-refractivity contribution in [1.82, 2.24) is 9.44 Å². The Kier molecular flexibility index (Phi) is 4.28. The predicted molar refractivity (Wildman–Crippen MR) is 62.1 cm³/mol. The molecule has 0 aliphatic carbocycles. The van der Waals surface area contributed by atoms with Gasteiger partial charge in [-0.3, -0.25) is 0 Å². The predicted octanol–water partition coefficient (Wildman–Crippen LogP) is 0.725. The molecule has 0 bridgehead atoms. The largest absolute Gasteiger partial charge is 0.508 e. The summed E-state index contributed by atoms with van der Waals surface area (Å²) in [6.07, 6.45) is 0. The minimum atomic E-state index is -3.51. The van der Waals surface area contributed by atoms with Crippen molar-refractivity contribution < 1.29 is 13.5 Å². The monoisotopic (exact) mass is 244 g/mol. The van der Waals surface area contributed by atoms with Crippen LogP contribution in [0.4, 0.5) is 0 Å². The molecule has 5 nitrogen and oxygen atoms in total. The third-order valence-corrected chi connectivity index (χ3v) is 3.14. The zero-order valence-electron chi connectivity index (χ0n) is 9.27. The van der Waals surface area contributed by atoms with E-state index in [1.165, 1.54) is 6.07 Å². The van der Waals surface area contributed by atoms with Gasteiger partial charge in [0.2, 0.25) is 0 Å². The molecule has 1 aromatic carbocycles. The molecule has 0 aliphatic heterocycles. The molecule has 0 atom stereocenters. The smallest absolute Gasteiger partial charge is 0.277 e. The second-order valence-corrected chi connectivity index (χ2v) is 5.26. The maximum Gasteiger partial charge on any atom is 0.277 e. The highest BCUT2D eigenvalue weighted by Crippen LogP contribution is 2.14. The van der Waals surface area contributed by atoms with E-state index < -0.39 is 10.2 Å². The summed E-state index contributed by atoms with van der Waals surface area (Å²) in [4.78, 5) is 0. The molecule has 16 heavy (non-hydrogen) atoms. The van der Waals surface area contributed by atoms with E-state index in [4.69, 9.17) is 0 Å². The molecule has 0 saturated carbocycles. The first-order chi connectivity index (χ1) is 7.41. The van der Waals surface area contributed by atoms with Crippen LogP contribution in [0.15, 0.2) is 24.3 Å². The number of phenols is 1. The molecule has 0 aliphatic rings. The summed E-state index contributed by atoms with van der Waals surface area (Å²) in [6, 6.07) is 6.42. The minimum absolute atomic E-state index is 0.0642. The summed E-state index contributed by atoms with van der Waals surface area (Å²) in [7, 11) is -3.51. The van der Waals surface area contributed by atoms with Gasteiger partial charge in [-0.25, -0.2) is 0 Å². The Morgan fingerprint density at radius 1 is 1.31 bits per heavy atom. The van der Waals surface area contributed by atoms with E-state index >= 15 is 0 Å². The van der Waals surface area contributed by atoms with Gasteiger partial charge < -0.3 is 5.11 Å². The lowest BCUT2D eigenvalue weighted by molar-refractivity contribution is 0.467. The van der Waals surface area contributed by atoms with Gasteiger partial charge in [0.15, 0.2) is 0 Å².